The number of hydrogen-bond donors (Lipinski definition) is 17. The minimum Gasteiger partial charge on any atom is -0.452 e. The molecule has 28 heteroatoms. The molecule has 25 atom stereocenters. The molecule has 0 radical (unpaired) electrons. The van der Waals surface area contributed by atoms with Crippen LogP contribution in [0.2, 0.25) is 0 Å². The van der Waals surface area contributed by atoms with Crippen molar-refractivity contribution in [2.24, 2.45) is 0 Å². The Hall–Kier alpha value is -1.57. The maximum atomic E-state index is 11.8. The first kappa shape index (κ1) is 49.4. The summed E-state index contributed by atoms with van der Waals surface area (Å²) in [6.45, 7) is -5.89. The normalized spacial score (nSPS) is 50.3. The Morgan fingerprint density at radius 3 is 1.00 bits per heavy atom. The van der Waals surface area contributed by atoms with Crippen molar-refractivity contribution in [3.05, 3.63) is 0 Å². The van der Waals surface area contributed by atoms with Gasteiger partial charge >= 0.3 is 5.97 Å². The van der Waals surface area contributed by atoms with Gasteiger partial charge in [0, 0.05) is 0 Å². The van der Waals surface area contributed by atoms with E-state index in [0.29, 0.717) is 0 Å². The number of esters is 1. The van der Waals surface area contributed by atoms with Gasteiger partial charge in [0.2, 0.25) is 0 Å². The van der Waals surface area contributed by atoms with Gasteiger partial charge in [0.25, 0.3) is 0 Å². The van der Waals surface area contributed by atoms with Crippen LogP contribution in [-0.4, -0.2) is 286 Å². The van der Waals surface area contributed by atoms with Crippen LogP contribution < -0.4 is 0 Å². The lowest BCUT2D eigenvalue weighted by Crippen LogP contribution is -2.68. The van der Waals surface area contributed by atoms with Crippen molar-refractivity contribution in [1.82, 2.24) is 0 Å². The summed E-state index contributed by atoms with van der Waals surface area (Å²) in [6.07, 6.45) is -46.9. The highest BCUT2D eigenvalue weighted by Gasteiger charge is 2.56. The van der Waals surface area contributed by atoms with Crippen LogP contribution >= 0.6 is 0 Å². The minimum atomic E-state index is -2.15. The first-order valence-corrected chi connectivity index (χ1v) is 18.7. The molecule has 5 aliphatic rings. The van der Waals surface area contributed by atoms with Gasteiger partial charge in [-0.2, -0.15) is 0 Å². The Bertz CT molecular complexity index is 1330. The van der Waals surface area contributed by atoms with Crippen molar-refractivity contribution in [3.8, 4) is 0 Å². The molecule has 17 N–H and O–H groups in total. The molecule has 350 valence electrons. The first-order chi connectivity index (χ1) is 28.5. The summed E-state index contributed by atoms with van der Waals surface area (Å²) in [5, 5.41) is 176. The molecule has 0 aromatic rings. The molecule has 0 spiro atoms. The average Bonchev–Trinajstić information content (AvgIpc) is 3.24. The third-order valence-corrected chi connectivity index (χ3v) is 10.7. The van der Waals surface area contributed by atoms with Crippen LogP contribution in [0.3, 0.4) is 0 Å². The van der Waals surface area contributed by atoms with E-state index >= 15 is 0 Å². The summed E-state index contributed by atoms with van der Waals surface area (Å²) in [5.41, 5.74) is 0. The number of aliphatic hydroxyl groups is 17. The van der Waals surface area contributed by atoms with Crippen LogP contribution in [0.5, 0.6) is 0 Å². The maximum Gasteiger partial charge on any atom is 0.332 e. The lowest BCUT2D eigenvalue weighted by Gasteiger charge is -2.49. The second kappa shape index (κ2) is 21.4. The van der Waals surface area contributed by atoms with Crippen molar-refractivity contribution in [2.45, 2.75) is 154 Å². The van der Waals surface area contributed by atoms with E-state index in [2.05, 4.69) is 0 Å². The standard InChI is InChI=1S/C32H54O28/c33-1-7-13(40)14(41)27(56-12(39)6-38)32(52-7)60-26-11(5-37)55-31(22(49)18(26)45)59-25-10(4-36)54-30(21(48)17(25)44)58-24-9(3-35)53-29(20(47)16(24)43)57-23-8(2-34)51-28(50)19(46)15(23)42/h7-11,13-38,40-50H,1-6H2/t7-,8-,9-,10-,11-,13-,14+,15-,16-,17-,18-,19-,20-,21-,22-,23-,24-,25-,26-,27-,28?,29-,30-,31-,32-/m1/s1. The Morgan fingerprint density at radius 1 is 0.350 bits per heavy atom. The number of carbonyl (C=O) groups is 1. The quantitative estimate of drug-likeness (QED) is 0.0679. The first-order valence-electron chi connectivity index (χ1n) is 18.7. The van der Waals surface area contributed by atoms with E-state index in [1.165, 1.54) is 0 Å². The van der Waals surface area contributed by atoms with Gasteiger partial charge in [-0.15, -0.1) is 0 Å². The molecule has 60 heavy (non-hydrogen) atoms. The predicted octanol–water partition coefficient (Wildman–Crippen LogP) is -12.4. The van der Waals surface area contributed by atoms with E-state index in [9.17, 15) is 86.5 Å². The van der Waals surface area contributed by atoms with E-state index in [1.807, 2.05) is 0 Å². The summed E-state index contributed by atoms with van der Waals surface area (Å²) >= 11 is 0. The molecule has 5 aliphatic heterocycles. The second-order valence-electron chi connectivity index (χ2n) is 14.6. The third-order valence-electron chi connectivity index (χ3n) is 10.7. The number of hydrogen-bond acceptors (Lipinski definition) is 28. The molecule has 5 heterocycles. The predicted molar refractivity (Wildman–Crippen MR) is 177 cm³/mol. The van der Waals surface area contributed by atoms with Crippen LogP contribution in [0, 0.1) is 0 Å². The zero-order valence-corrected chi connectivity index (χ0v) is 31.3. The van der Waals surface area contributed by atoms with Gasteiger partial charge in [-0.05, 0) is 0 Å². The monoisotopic (exact) mass is 886 g/mol. The summed E-state index contributed by atoms with van der Waals surface area (Å²) in [6, 6.07) is 0. The zero-order valence-electron chi connectivity index (χ0n) is 31.3. The smallest absolute Gasteiger partial charge is 0.332 e. The van der Waals surface area contributed by atoms with Gasteiger partial charge in [0.05, 0.1) is 33.0 Å². The van der Waals surface area contributed by atoms with Crippen LogP contribution in [0.25, 0.3) is 0 Å². The highest BCUT2D eigenvalue weighted by molar-refractivity contribution is 5.70. The lowest BCUT2D eigenvalue weighted by atomic mass is 9.95. The van der Waals surface area contributed by atoms with Crippen LogP contribution in [-0.2, 0) is 52.2 Å². The summed E-state index contributed by atoms with van der Waals surface area (Å²) in [5.74, 6) is -1.30. The van der Waals surface area contributed by atoms with Gasteiger partial charge in [0.15, 0.2) is 37.6 Å². The molecule has 0 amide bonds. The lowest BCUT2D eigenvalue weighted by molar-refractivity contribution is -0.393. The average molecular weight is 887 g/mol. The summed E-state index contributed by atoms with van der Waals surface area (Å²) in [4.78, 5) is 11.8. The fourth-order valence-corrected chi connectivity index (χ4v) is 7.33. The van der Waals surface area contributed by atoms with Crippen molar-refractivity contribution in [3.63, 3.8) is 0 Å². The van der Waals surface area contributed by atoms with E-state index < -0.39 is 199 Å². The Labute approximate surface area is 338 Å². The van der Waals surface area contributed by atoms with Crippen molar-refractivity contribution < 1.29 is 139 Å². The molecule has 5 rings (SSSR count). The van der Waals surface area contributed by atoms with Crippen molar-refractivity contribution >= 4 is 5.97 Å². The molecule has 0 bridgehead atoms. The van der Waals surface area contributed by atoms with Crippen LogP contribution in [0.1, 0.15) is 0 Å². The highest BCUT2D eigenvalue weighted by Crippen LogP contribution is 2.36. The summed E-state index contributed by atoms with van der Waals surface area (Å²) < 4.78 is 54.3. The van der Waals surface area contributed by atoms with Crippen LogP contribution in [0.15, 0.2) is 0 Å². The molecule has 5 fully saturated rings. The number of carbonyl (C=O) groups excluding carboxylic acids is 1. The Kier molecular flexibility index (Phi) is 17.6. The topological polar surface area (TPSA) is 453 Å². The molecular weight excluding hydrogens is 832 g/mol. The molecule has 0 aromatic carbocycles. The van der Waals surface area contributed by atoms with E-state index in [-0.39, 0.29) is 0 Å². The molecule has 28 nitrogen and oxygen atoms in total. The van der Waals surface area contributed by atoms with E-state index in [0.717, 1.165) is 0 Å². The SMILES string of the molecule is O=C(CO)O[C@H]1[C@@H](O[C@H]2[C@H](O)[C@@H](O)[C@@H](O[C@H]3[C@H](O)[C@@H](O)[C@@H](O[C@H]4[C@H](O)[C@@H](O)[C@@H](O[C@H]5[C@H](O)[C@@H](O)C(O)O[C@@H]5CO)O[C@@H]4CO)O[C@@H]3CO)O[C@@H]2CO)O[C@H](CO)[C@@H](O)[C@@H]1O. The van der Waals surface area contributed by atoms with E-state index in [1.54, 1.807) is 0 Å². The number of ether oxygens (including phenoxy) is 10. The fraction of sp³-hybridized carbons (Fsp3) is 0.969. The van der Waals surface area contributed by atoms with Crippen molar-refractivity contribution in [1.29, 1.82) is 0 Å². The fourth-order valence-electron chi connectivity index (χ4n) is 7.33. The molecule has 1 unspecified atom stereocenters. The molecule has 0 aromatic heterocycles. The molecular formula is C32H54O28. The van der Waals surface area contributed by atoms with Gasteiger partial charge in [0.1, 0.15) is 123 Å². The number of rotatable bonds is 15. The summed E-state index contributed by atoms with van der Waals surface area (Å²) in [7, 11) is 0. The van der Waals surface area contributed by atoms with Crippen LogP contribution in [0.4, 0.5) is 0 Å². The highest BCUT2D eigenvalue weighted by atomic mass is 16.8. The maximum absolute atomic E-state index is 11.8. The van der Waals surface area contributed by atoms with Crippen molar-refractivity contribution in [2.75, 3.05) is 39.6 Å². The molecule has 0 aliphatic carbocycles. The third kappa shape index (κ3) is 10.2. The van der Waals surface area contributed by atoms with Gasteiger partial charge in [-0.25, -0.2) is 4.79 Å². The van der Waals surface area contributed by atoms with Gasteiger partial charge in [-0.3, -0.25) is 0 Å². The zero-order chi connectivity index (χ0) is 44.3. The Morgan fingerprint density at radius 2 is 0.650 bits per heavy atom. The molecule has 0 saturated carbocycles. The minimum absolute atomic E-state index is 0.848. The Balaban J connectivity index is 1.24. The second-order valence-corrected chi connectivity index (χ2v) is 14.6. The number of aliphatic hydroxyl groups excluding tert-OH is 17. The van der Waals surface area contributed by atoms with E-state index in [4.69, 9.17) is 52.5 Å². The molecule has 5 saturated heterocycles. The van der Waals surface area contributed by atoms with Gasteiger partial charge in [-0.1, -0.05) is 0 Å². The van der Waals surface area contributed by atoms with Gasteiger partial charge < -0.3 is 134 Å². The largest absolute Gasteiger partial charge is 0.452 e.